The lowest BCUT2D eigenvalue weighted by Crippen LogP contribution is -2.60. The second-order valence-electron chi connectivity index (χ2n) is 17.0. The maximum atomic E-state index is 14.0. The van der Waals surface area contributed by atoms with Gasteiger partial charge in [0.05, 0.1) is 19.3 Å². The number of fused-ring (bicyclic) bond motifs is 1. The molecule has 8 atom stereocenters. The van der Waals surface area contributed by atoms with Gasteiger partial charge >= 0.3 is 5.97 Å². The minimum Gasteiger partial charge on any atom is -0.480 e. The van der Waals surface area contributed by atoms with Gasteiger partial charge in [-0.2, -0.15) is 0 Å². The standard InChI is InChI=1S/C42H63N9O11/c1-22(2)16-28(36(55)45-20-34(54)50-14-9-13-33(50)42(61)62)47-39(58)32-12-8-15-51(32)41(60)31(21-52)49-37(56)29(17-23(3)4)46-38(57)30(48-40(59)35(43)24(5)53)18-25-19-44-27-11-7-6-10-26(25)27/h6-7,10-11,19,22-24,28-33,35,44,52-53H,8-9,12-18,20-21,43H2,1-5H3,(H,45,55)(H,46,57)(H,47,58)(H,48,59)(H,49,56)(H,61,62)/t24-,28+,29+,30+,31+,32+,33+,35+/m1/s1. The van der Waals surface area contributed by atoms with E-state index in [-0.39, 0.29) is 50.6 Å². The number of aromatic amines is 1. The fourth-order valence-electron chi connectivity index (χ4n) is 7.83. The first-order valence-electron chi connectivity index (χ1n) is 21.2. The van der Waals surface area contributed by atoms with Crippen LogP contribution in [0.4, 0.5) is 0 Å². The molecule has 2 aliphatic rings. The highest BCUT2D eigenvalue weighted by Gasteiger charge is 2.40. The van der Waals surface area contributed by atoms with Crippen LogP contribution >= 0.6 is 0 Å². The topological polar surface area (TPSA) is 306 Å². The Balaban J connectivity index is 1.44. The average molecular weight is 870 g/mol. The summed E-state index contributed by atoms with van der Waals surface area (Å²) < 4.78 is 0. The number of para-hydroxylation sites is 1. The lowest BCUT2D eigenvalue weighted by Gasteiger charge is -2.30. The molecule has 2 aliphatic heterocycles. The van der Waals surface area contributed by atoms with E-state index in [2.05, 4.69) is 31.6 Å². The van der Waals surface area contributed by atoms with Crippen LogP contribution in [0.5, 0.6) is 0 Å². The molecule has 4 rings (SSSR count). The van der Waals surface area contributed by atoms with Gasteiger partial charge in [-0.3, -0.25) is 33.6 Å². The van der Waals surface area contributed by atoms with E-state index in [9.17, 15) is 53.7 Å². The fraction of sp³-hybridized carbons (Fsp3) is 0.619. The first-order chi connectivity index (χ1) is 29.3. The summed E-state index contributed by atoms with van der Waals surface area (Å²) in [5, 5.41) is 43.6. The largest absolute Gasteiger partial charge is 0.480 e. The number of hydrogen-bond acceptors (Lipinski definition) is 11. The van der Waals surface area contributed by atoms with Crippen LogP contribution in [0.2, 0.25) is 0 Å². The number of carbonyl (C=O) groups is 8. The van der Waals surface area contributed by atoms with Crippen molar-refractivity contribution in [1.29, 1.82) is 0 Å². The quantitative estimate of drug-likeness (QED) is 0.0695. The first-order valence-corrected chi connectivity index (χ1v) is 21.2. The number of nitrogens with zero attached hydrogens (tertiary/aromatic N) is 2. The molecule has 1 aromatic heterocycles. The van der Waals surface area contributed by atoms with E-state index in [1.54, 1.807) is 6.20 Å². The molecule has 0 unspecified atom stereocenters. The summed E-state index contributed by atoms with van der Waals surface area (Å²) in [5.41, 5.74) is 7.36. The van der Waals surface area contributed by atoms with Crippen molar-refractivity contribution in [3.05, 3.63) is 36.0 Å². The minimum atomic E-state index is -1.52. The monoisotopic (exact) mass is 869 g/mol. The van der Waals surface area contributed by atoms with Crippen LogP contribution in [0.25, 0.3) is 10.9 Å². The van der Waals surface area contributed by atoms with Crippen molar-refractivity contribution < 1.29 is 53.7 Å². The number of benzene rings is 1. The predicted molar refractivity (Wildman–Crippen MR) is 225 cm³/mol. The molecule has 1 aromatic carbocycles. The summed E-state index contributed by atoms with van der Waals surface area (Å²) in [6, 6.07) is -1.13. The van der Waals surface area contributed by atoms with Crippen molar-refractivity contribution in [3.63, 3.8) is 0 Å². The van der Waals surface area contributed by atoms with Gasteiger partial charge in [-0.15, -0.1) is 0 Å². The Bertz CT molecular complexity index is 1940. The van der Waals surface area contributed by atoms with Gasteiger partial charge in [0.1, 0.15) is 42.3 Å². The molecule has 3 heterocycles. The van der Waals surface area contributed by atoms with E-state index < -0.39 is 109 Å². The molecule has 11 N–H and O–H groups in total. The maximum Gasteiger partial charge on any atom is 0.326 e. The zero-order chi connectivity index (χ0) is 45.8. The number of likely N-dealkylation sites (tertiary alicyclic amines) is 2. The molecule has 2 fully saturated rings. The Morgan fingerprint density at radius 1 is 0.758 bits per heavy atom. The van der Waals surface area contributed by atoms with Crippen LogP contribution in [0.1, 0.15) is 78.7 Å². The number of aliphatic carboxylic acids is 1. The van der Waals surface area contributed by atoms with Crippen molar-refractivity contribution in [3.8, 4) is 0 Å². The molecule has 342 valence electrons. The number of aromatic nitrogens is 1. The zero-order valence-electron chi connectivity index (χ0n) is 36.0. The zero-order valence-corrected chi connectivity index (χ0v) is 36.0. The number of nitrogens with one attached hydrogen (secondary N) is 6. The van der Waals surface area contributed by atoms with Crippen molar-refractivity contribution in [2.75, 3.05) is 26.2 Å². The molecule has 2 saturated heterocycles. The number of rotatable bonds is 21. The number of hydrogen-bond donors (Lipinski definition) is 10. The van der Waals surface area contributed by atoms with Gasteiger partial charge in [0.15, 0.2) is 0 Å². The van der Waals surface area contributed by atoms with Crippen LogP contribution in [-0.4, -0.2) is 152 Å². The highest BCUT2D eigenvalue weighted by molar-refractivity contribution is 5.98. The lowest BCUT2D eigenvalue weighted by atomic mass is 10.00. The van der Waals surface area contributed by atoms with Crippen LogP contribution in [-0.2, 0) is 44.8 Å². The van der Waals surface area contributed by atoms with E-state index in [1.165, 1.54) is 16.7 Å². The van der Waals surface area contributed by atoms with E-state index >= 15 is 0 Å². The number of carboxylic acid groups (broad SMARTS) is 1. The van der Waals surface area contributed by atoms with Crippen LogP contribution in [0, 0.1) is 11.8 Å². The molecule has 20 nitrogen and oxygen atoms in total. The lowest BCUT2D eigenvalue weighted by molar-refractivity contribution is -0.148. The minimum absolute atomic E-state index is 0.01000. The van der Waals surface area contributed by atoms with E-state index in [0.29, 0.717) is 24.8 Å². The SMILES string of the molecule is CC(C)C[C@H](NC(=O)[C@H](Cc1c[nH]c2ccccc12)NC(=O)[C@@H](N)[C@@H](C)O)C(=O)N[C@@H](CO)C(=O)N1CCC[C@H]1C(=O)N[C@@H](CC(C)C)C(=O)NCC(=O)N1CCC[C@H]1C(=O)O. The van der Waals surface area contributed by atoms with Crippen LogP contribution in [0.3, 0.4) is 0 Å². The molecule has 0 aliphatic carbocycles. The fourth-order valence-corrected chi connectivity index (χ4v) is 7.83. The molecule has 0 radical (unpaired) electrons. The summed E-state index contributed by atoms with van der Waals surface area (Å²) in [7, 11) is 0. The predicted octanol–water partition coefficient (Wildman–Crippen LogP) is -1.37. The summed E-state index contributed by atoms with van der Waals surface area (Å²) in [4.78, 5) is 112. The second kappa shape index (κ2) is 22.5. The van der Waals surface area contributed by atoms with Crippen molar-refractivity contribution in [2.45, 2.75) is 128 Å². The second-order valence-corrected chi connectivity index (χ2v) is 17.0. The smallest absolute Gasteiger partial charge is 0.326 e. The Labute approximate surface area is 360 Å². The van der Waals surface area contributed by atoms with Crippen molar-refractivity contribution in [1.82, 2.24) is 41.4 Å². The Morgan fingerprint density at radius 3 is 1.94 bits per heavy atom. The number of aliphatic hydroxyl groups excluding tert-OH is 2. The Kier molecular flexibility index (Phi) is 17.8. The van der Waals surface area contributed by atoms with Gasteiger partial charge in [0.2, 0.25) is 41.4 Å². The van der Waals surface area contributed by atoms with Crippen molar-refractivity contribution >= 4 is 58.2 Å². The first kappa shape index (κ1) is 49.1. The van der Waals surface area contributed by atoms with E-state index in [4.69, 9.17) is 5.73 Å². The summed E-state index contributed by atoms with van der Waals surface area (Å²) in [6.45, 7) is 7.68. The van der Waals surface area contributed by atoms with E-state index in [0.717, 1.165) is 10.9 Å². The molecule has 20 heteroatoms. The van der Waals surface area contributed by atoms with Gasteiger partial charge < -0.3 is 62.4 Å². The van der Waals surface area contributed by atoms with Gasteiger partial charge in [0, 0.05) is 36.6 Å². The number of carboxylic acids is 1. The normalized spacial score (nSPS) is 19.3. The van der Waals surface area contributed by atoms with E-state index in [1.807, 2.05) is 52.0 Å². The number of carbonyl (C=O) groups excluding carboxylic acids is 7. The molecular weight excluding hydrogens is 807 g/mol. The highest BCUT2D eigenvalue weighted by atomic mass is 16.4. The molecule has 0 bridgehead atoms. The molecule has 0 saturated carbocycles. The molecule has 2 aromatic rings. The van der Waals surface area contributed by atoms with Crippen molar-refractivity contribution in [2.24, 2.45) is 17.6 Å². The number of amides is 7. The third kappa shape index (κ3) is 13.0. The third-order valence-corrected chi connectivity index (χ3v) is 11.1. The third-order valence-electron chi connectivity index (χ3n) is 11.1. The Hall–Kier alpha value is -5.60. The number of nitrogens with two attached hydrogens (primary N) is 1. The van der Waals surface area contributed by atoms with Crippen LogP contribution in [0.15, 0.2) is 30.5 Å². The maximum absolute atomic E-state index is 14.0. The van der Waals surface area contributed by atoms with Gasteiger partial charge in [-0.1, -0.05) is 45.9 Å². The average Bonchev–Trinajstić information content (AvgIpc) is 4.01. The highest BCUT2D eigenvalue weighted by Crippen LogP contribution is 2.22. The molecular formula is C42H63N9O11. The Morgan fingerprint density at radius 2 is 1.32 bits per heavy atom. The molecule has 0 spiro atoms. The summed E-state index contributed by atoms with van der Waals surface area (Å²) >= 11 is 0. The van der Waals surface area contributed by atoms with Gasteiger partial charge in [0.25, 0.3) is 0 Å². The molecule has 62 heavy (non-hydrogen) atoms. The van der Waals surface area contributed by atoms with Gasteiger partial charge in [-0.25, -0.2) is 4.79 Å². The summed E-state index contributed by atoms with van der Waals surface area (Å²) in [6.07, 6.45) is 2.21. The number of aliphatic hydroxyl groups is 2. The number of H-pyrrole nitrogens is 1. The molecule has 7 amide bonds. The van der Waals surface area contributed by atoms with Crippen LogP contribution < -0.4 is 32.3 Å². The summed E-state index contributed by atoms with van der Waals surface area (Å²) in [5.74, 6) is -6.33. The van der Waals surface area contributed by atoms with Gasteiger partial charge in [-0.05, 0) is 68.9 Å².